The Kier molecular flexibility index (Phi) is 8.60. The summed E-state index contributed by atoms with van der Waals surface area (Å²) in [5, 5.41) is 13.4. The molecule has 0 bridgehead atoms. The summed E-state index contributed by atoms with van der Waals surface area (Å²) in [6.07, 6.45) is 4.34. The van der Waals surface area contributed by atoms with Gasteiger partial charge in [0.1, 0.15) is 0 Å². The Hall–Kier alpha value is -1.57. The van der Waals surface area contributed by atoms with Crippen molar-refractivity contribution >= 4 is 29.3 Å². The molecular formula is C22H31ClN4O2S. The number of aromatic nitrogens is 3. The van der Waals surface area contributed by atoms with Crippen molar-refractivity contribution in [3.63, 3.8) is 0 Å². The zero-order valence-corrected chi connectivity index (χ0v) is 19.5. The van der Waals surface area contributed by atoms with Crippen LogP contribution < -0.4 is 5.32 Å². The highest BCUT2D eigenvalue weighted by Crippen LogP contribution is 2.30. The summed E-state index contributed by atoms with van der Waals surface area (Å²) < 4.78 is 7.26. The Balaban J connectivity index is 1.67. The lowest BCUT2D eigenvalue weighted by Gasteiger charge is -2.34. The summed E-state index contributed by atoms with van der Waals surface area (Å²) in [6.45, 7) is 5.89. The molecule has 0 radical (unpaired) electrons. The first kappa shape index (κ1) is 23.1. The van der Waals surface area contributed by atoms with Gasteiger partial charge in [-0.3, -0.25) is 4.79 Å². The summed E-state index contributed by atoms with van der Waals surface area (Å²) in [6, 6.07) is 7.83. The Bertz CT molecular complexity index is 827. The third kappa shape index (κ3) is 5.99. The van der Waals surface area contributed by atoms with E-state index in [0.29, 0.717) is 29.2 Å². The number of rotatable bonds is 9. The van der Waals surface area contributed by atoms with Crippen molar-refractivity contribution in [3.8, 4) is 11.4 Å². The first-order valence-electron chi connectivity index (χ1n) is 10.6. The summed E-state index contributed by atoms with van der Waals surface area (Å²) >= 11 is 7.46. The molecule has 0 saturated heterocycles. The van der Waals surface area contributed by atoms with Crippen LogP contribution in [0.5, 0.6) is 0 Å². The van der Waals surface area contributed by atoms with Crippen molar-refractivity contribution in [2.24, 2.45) is 11.8 Å². The van der Waals surface area contributed by atoms with E-state index in [1.165, 1.54) is 24.6 Å². The monoisotopic (exact) mass is 450 g/mol. The van der Waals surface area contributed by atoms with Gasteiger partial charge in [-0.05, 0) is 48.9 Å². The van der Waals surface area contributed by atoms with Gasteiger partial charge >= 0.3 is 0 Å². The third-order valence-corrected chi connectivity index (χ3v) is 7.15. The number of methoxy groups -OCH3 is 1. The second-order valence-corrected chi connectivity index (χ2v) is 9.42. The Morgan fingerprint density at radius 1 is 1.27 bits per heavy atom. The van der Waals surface area contributed by atoms with Crippen LogP contribution in [-0.4, -0.2) is 46.2 Å². The molecule has 0 unspecified atom stereocenters. The van der Waals surface area contributed by atoms with Gasteiger partial charge in [0.05, 0.1) is 5.75 Å². The molecule has 2 aromatic rings. The largest absolute Gasteiger partial charge is 0.385 e. The van der Waals surface area contributed by atoms with Crippen molar-refractivity contribution in [2.45, 2.75) is 57.3 Å². The van der Waals surface area contributed by atoms with Crippen molar-refractivity contribution in [1.29, 1.82) is 0 Å². The van der Waals surface area contributed by atoms with Gasteiger partial charge in [0, 0.05) is 36.9 Å². The molecule has 3 atom stereocenters. The van der Waals surface area contributed by atoms with Crippen molar-refractivity contribution in [1.82, 2.24) is 20.1 Å². The highest BCUT2D eigenvalue weighted by molar-refractivity contribution is 7.99. The number of nitrogens with zero attached hydrogens (tertiary/aromatic N) is 3. The van der Waals surface area contributed by atoms with Crippen molar-refractivity contribution in [2.75, 3.05) is 19.5 Å². The predicted octanol–water partition coefficient (Wildman–Crippen LogP) is 4.67. The van der Waals surface area contributed by atoms with Crippen LogP contribution >= 0.6 is 23.4 Å². The van der Waals surface area contributed by atoms with E-state index >= 15 is 0 Å². The van der Waals surface area contributed by atoms with Crippen LogP contribution in [0.3, 0.4) is 0 Å². The molecule has 30 heavy (non-hydrogen) atoms. The standard InChI is InChI=1S/C22H31ClN4O2S/c1-15-6-4-7-19(16(15)2)24-20(28)14-30-22-26-25-21(27(22)12-5-13-29-3)17-8-10-18(23)11-9-17/h8-11,15-16,19H,4-7,12-14H2,1-3H3,(H,24,28)/t15-,16-,19-/m1/s1. The smallest absolute Gasteiger partial charge is 0.230 e. The molecular weight excluding hydrogens is 420 g/mol. The molecule has 1 amide bonds. The van der Waals surface area contributed by atoms with Gasteiger partial charge in [-0.25, -0.2) is 0 Å². The number of thioether (sulfide) groups is 1. The van der Waals surface area contributed by atoms with Crippen LogP contribution in [0.4, 0.5) is 0 Å². The van der Waals surface area contributed by atoms with Crippen LogP contribution in [0.25, 0.3) is 11.4 Å². The van der Waals surface area contributed by atoms with E-state index in [9.17, 15) is 4.79 Å². The molecule has 1 heterocycles. The fourth-order valence-corrected chi connectivity index (χ4v) is 4.84. The minimum Gasteiger partial charge on any atom is -0.385 e. The first-order chi connectivity index (χ1) is 14.5. The molecule has 1 saturated carbocycles. The number of amides is 1. The van der Waals surface area contributed by atoms with E-state index in [2.05, 4.69) is 33.9 Å². The number of carbonyl (C=O) groups is 1. The van der Waals surface area contributed by atoms with Crippen molar-refractivity contribution < 1.29 is 9.53 Å². The quantitative estimate of drug-likeness (QED) is 0.444. The second-order valence-electron chi connectivity index (χ2n) is 8.04. The van der Waals surface area contributed by atoms with E-state index < -0.39 is 0 Å². The SMILES string of the molecule is COCCCn1c(SCC(=O)N[C@@H]2CCC[C@@H](C)[C@H]2C)nnc1-c1ccc(Cl)cc1. The average molecular weight is 451 g/mol. The van der Waals surface area contributed by atoms with E-state index in [-0.39, 0.29) is 11.9 Å². The summed E-state index contributed by atoms with van der Waals surface area (Å²) in [4.78, 5) is 12.6. The van der Waals surface area contributed by atoms with E-state index in [0.717, 1.165) is 35.9 Å². The number of ether oxygens (including phenoxy) is 1. The molecule has 1 aliphatic rings. The molecule has 1 N–H and O–H groups in total. The van der Waals surface area contributed by atoms with Gasteiger partial charge in [-0.2, -0.15) is 0 Å². The van der Waals surface area contributed by atoms with Crippen LogP contribution in [-0.2, 0) is 16.1 Å². The fourth-order valence-electron chi connectivity index (χ4n) is 3.94. The maximum atomic E-state index is 12.6. The van der Waals surface area contributed by atoms with Gasteiger partial charge in [-0.1, -0.05) is 50.1 Å². The van der Waals surface area contributed by atoms with Gasteiger partial charge in [0.25, 0.3) is 0 Å². The van der Waals surface area contributed by atoms with Crippen LogP contribution in [0.1, 0.15) is 39.5 Å². The highest BCUT2D eigenvalue weighted by Gasteiger charge is 2.28. The lowest BCUT2D eigenvalue weighted by atomic mass is 9.78. The molecule has 1 aromatic carbocycles. The topological polar surface area (TPSA) is 69.0 Å². The van der Waals surface area contributed by atoms with Crippen LogP contribution in [0, 0.1) is 11.8 Å². The minimum absolute atomic E-state index is 0.0606. The highest BCUT2D eigenvalue weighted by atomic mass is 35.5. The third-order valence-electron chi connectivity index (χ3n) is 5.94. The molecule has 0 spiro atoms. The Labute approximate surface area is 188 Å². The molecule has 1 aromatic heterocycles. The average Bonchev–Trinajstić information content (AvgIpc) is 3.13. The fraction of sp³-hybridized carbons (Fsp3) is 0.591. The number of benzene rings is 1. The molecule has 164 valence electrons. The lowest BCUT2D eigenvalue weighted by molar-refractivity contribution is -0.120. The zero-order chi connectivity index (χ0) is 21.5. The van der Waals surface area contributed by atoms with Crippen LogP contribution in [0.2, 0.25) is 5.02 Å². The maximum absolute atomic E-state index is 12.6. The Morgan fingerprint density at radius 3 is 2.77 bits per heavy atom. The maximum Gasteiger partial charge on any atom is 0.230 e. The number of halogens is 1. The number of hydrogen-bond acceptors (Lipinski definition) is 5. The van der Waals surface area contributed by atoms with Crippen molar-refractivity contribution in [3.05, 3.63) is 29.3 Å². The minimum atomic E-state index is 0.0606. The van der Waals surface area contributed by atoms with E-state index in [1.807, 2.05) is 24.3 Å². The number of nitrogens with one attached hydrogen (secondary N) is 1. The molecule has 8 heteroatoms. The van der Waals surface area contributed by atoms with Gasteiger partial charge in [0.2, 0.25) is 5.91 Å². The number of carbonyl (C=O) groups excluding carboxylic acids is 1. The van der Waals surface area contributed by atoms with E-state index in [1.54, 1.807) is 7.11 Å². The predicted molar refractivity (Wildman–Crippen MR) is 122 cm³/mol. The Morgan fingerprint density at radius 2 is 2.03 bits per heavy atom. The zero-order valence-electron chi connectivity index (χ0n) is 17.9. The normalized spacial score (nSPS) is 21.5. The molecule has 1 aliphatic carbocycles. The van der Waals surface area contributed by atoms with Gasteiger partial charge in [-0.15, -0.1) is 10.2 Å². The van der Waals surface area contributed by atoms with Crippen LogP contribution in [0.15, 0.2) is 29.4 Å². The van der Waals surface area contributed by atoms with Gasteiger partial charge in [0.15, 0.2) is 11.0 Å². The molecule has 0 aliphatic heterocycles. The summed E-state index contributed by atoms with van der Waals surface area (Å²) in [5.41, 5.74) is 0.950. The lowest BCUT2D eigenvalue weighted by Crippen LogP contribution is -2.44. The second kappa shape index (κ2) is 11.2. The molecule has 1 fully saturated rings. The summed E-state index contributed by atoms with van der Waals surface area (Å²) in [7, 11) is 1.69. The first-order valence-corrected chi connectivity index (χ1v) is 12.0. The molecule has 6 nitrogen and oxygen atoms in total. The summed E-state index contributed by atoms with van der Waals surface area (Å²) in [5.74, 6) is 2.34. The molecule has 3 rings (SSSR count). The van der Waals surface area contributed by atoms with E-state index in [4.69, 9.17) is 16.3 Å². The van der Waals surface area contributed by atoms with Gasteiger partial charge < -0.3 is 14.6 Å². The number of hydrogen-bond donors (Lipinski definition) is 1.